The first kappa shape index (κ1) is 57.8. The van der Waals surface area contributed by atoms with E-state index in [2.05, 4.69) is 4.74 Å². The number of carboxylic acids is 1. The van der Waals surface area contributed by atoms with Gasteiger partial charge in [-0.25, -0.2) is 17.6 Å². The molecule has 8 atom stereocenters. The normalized spacial score (nSPS) is 26.9. The summed E-state index contributed by atoms with van der Waals surface area (Å²) in [7, 11) is 0. The summed E-state index contributed by atoms with van der Waals surface area (Å²) in [5.41, 5.74) is 0.963. The molecule has 0 unspecified atom stereocenters. The number of aliphatic hydroxyl groups is 2. The van der Waals surface area contributed by atoms with Crippen LogP contribution in [0.3, 0.4) is 0 Å². The summed E-state index contributed by atoms with van der Waals surface area (Å²) in [6, 6.07) is 9.56. The minimum atomic E-state index is -3.31. The maximum atomic E-state index is 14.6. The number of benzene rings is 1. The van der Waals surface area contributed by atoms with E-state index in [0.717, 1.165) is 50.5 Å². The van der Waals surface area contributed by atoms with Crippen LogP contribution in [0.4, 0.5) is 17.6 Å². The fourth-order valence-corrected chi connectivity index (χ4v) is 9.84. The van der Waals surface area contributed by atoms with Crippen LogP contribution < -0.4 is 0 Å². The third-order valence-corrected chi connectivity index (χ3v) is 13.7. The van der Waals surface area contributed by atoms with Crippen LogP contribution >= 0.6 is 0 Å². The summed E-state index contributed by atoms with van der Waals surface area (Å²) >= 11 is 0. The molecule has 382 valence electrons. The molecule has 0 bridgehead atoms. The van der Waals surface area contributed by atoms with Crippen LogP contribution in [0.15, 0.2) is 30.3 Å². The van der Waals surface area contributed by atoms with Gasteiger partial charge in [-0.2, -0.15) is 0 Å². The zero-order valence-corrected chi connectivity index (χ0v) is 40.3. The van der Waals surface area contributed by atoms with E-state index < -0.39 is 54.4 Å². The summed E-state index contributed by atoms with van der Waals surface area (Å²) in [5.74, 6) is -13.2. The van der Waals surface area contributed by atoms with Gasteiger partial charge < -0.3 is 34.3 Å². The largest absolute Gasteiger partial charge is 0.481 e. The lowest BCUT2D eigenvalue weighted by Gasteiger charge is -2.43. The molecule has 0 spiro atoms. The second-order valence-electron chi connectivity index (χ2n) is 18.8. The number of aliphatic carboxylic acids is 1. The molecule has 3 N–H and O–H groups in total. The summed E-state index contributed by atoms with van der Waals surface area (Å²) in [6.45, 7) is 7.59. The van der Waals surface area contributed by atoms with Crippen molar-refractivity contribution in [3.63, 3.8) is 0 Å². The first-order valence-corrected chi connectivity index (χ1v) is 24.9. The zero-order valence-electron chi connectivity index (χ0n) is 40.3. The van der Waals surface area contributed by atoms with Crippen molar-refractivity contribution >= 4 is 29.5 Å². The smallest absolute Gasteiger partial charge is 0.306 e. The van der Waals surface area contributed by atoms with E-state index in [1.165, 1.54) is 6.92 Å². The van der Waals surface area contributed by atoms with Gasteiger partial charge in [-0.1, -0.05) is 95.5 Å². The van der Waals surface area contributed by atoms with Gasteiger partial charge >= 0.3 is 29.8 Å². The second kappa shape index (κ2) is 28.3. The van der Waals surface area contributed by atoms with Gasteiger partial charge in [-0.15, -0.1) is 0 Å². The molecule has 5 rings (SSSR count). The van der Waals surface area contributed by atoms with Crippen LogP contribution in [0.25, 0.3) is 0 Å². The van der Waals surface area contributed by atoms with Gasteiger partial charge in [0.2, 0.25) is 11.6 Å². The molecule has 4 aliphatic rings. The lowest BCUT2D eigenvalue weighted by Crippen LogP contribution is -2.55. The molecule has 0 radical (unpaired) electrons. The third kappa shape index (κ3) is 18.1. The Bertz CT molecular complexity index is 1680. The van der Waals surface area contributed by atoms with E-state index in [0.29, 0.717) is 70.8 Å². The highest BCUT2D eigenvalue weighted by atomic mass is 19.3. The zero-order chi connectivity index (χ0) is 49.7. The first-order valence-electron chi connectivity index (χ1n) is 24.9. The predicted molar refractivity (Wildman–Crippen MR) is 242 cm³/mol. The summed E-state index contributed by atoms with van der Waals surface area (Å²) in [4.78, 5) is 57.1. The van der Waals surface area contributed by atoms with Crippen molar-refractivity contribution in [2.75, 3.05) is 6.61 Å². The van der Waals surface area contributed by atoms with E-state index >= 15 is 0 Å². The van der Waals surface area contributed by atoms with Crippen LogP contribution in [-0.2, 0) is 49.5 Å². The Balaban J connectivity index is 0.000000323. The fraction of sp³-hybridized carbons (Fsp3) is 0.784. The van der Waals surface area contributed by atoms with E-state index in [1.807, 2.05) is 44.2 Å². The van der Waals surface area contributed by atoms with Crippen molar-refractivity contribution in [2.24, 2.45) is 23.7 Å². The molecular weight excluding hydrogens is 881 g/mol. The molecule has 2 aliphatic heterocycles. The van der Waals surface area contributed by atoms with Crippen LogP contribution in [0, 0.1) is 23.7 Å². The number of Topliss-reactive ketones (excluding diaryl/α,β-unsaturated/α-hetero) is 2. The SMILES string of the molecule is CCCCC(F)(F)[C@@]1(O)CC[C@H]2[C@@H](CC(=O)[C@@H]2CCCCCCC(=O)O)O1.CCCCC(F)(F)[C@@]1(O)CC[C@H]2[C@@H](CC(=O)[C@@H]2CCCCCCC(=O)OCc2ccccc2)O1.CCOC(C)=O. The Hall–Kier alpha value is -3.47. The summed E-state index contributed by atoms with van der Waals surface area (Å²) < 4.78 is 78.6. The van der Waals surface area contributed by atoms with Crippen LogP contribution in [0.2, 0.25) is 0 Å². The number of hydrogen-bond acceptors (Lipinski definition) is 11. The number of ether oxygens (including phenoxy) is 4. The van der Waals surface area contributed by atoms with E-state index in [4.69, 9.17) is 19.3 Å². The van der Waals surface area contributed by atoms with E-state index in [-0.39, 0.29) is 85.9 Å². The number of carbonyl (C=O) groups excluding carboxylic acids is 4. The predicted octanol–water partition coefficient (Wildman–Crippen LogP) is 10.8. The Morgan fingerprint density at radius 1 is 0.672 bits per heavy atom. The summed E-state index contributed by atoms with van der Waals surface area (Å²) in [5, 5.41) is 29.6. The highest BCUT2D eigenvalue weighted by Gasteiger charge is 2.61. The maximum Gasteiger partial charge on any atom is 0.306 e. The first-order chi connectivity index (χ1) is 31.7. The Kier molecular flexibility index (Phi) is 24.4. The molecule has 67 heavy (non-hydrogen) atoms. The molecule has 2 heterocycles. The van der Waals surface area contributed by atoms with Crippen LogP contribution in [-0.4, -0.2) is 87.0 Å². The van der Waals surface area contributed by atoms with E-state index in [9.17, 15) is 51.7 Å². The minimum absolute atomic E-state index is 0.0386. The van der Waals surface area contributed by atoms with Crippen molar-refractivity contribution in [1.29, 1.82) is 0 Å². The minimum Gasteiger partial charge on any atom is -0.481 e. The molecule has 1 aromatic rings. The number of carbonyl (C=O) groups is 5. The Morgan fingerprint density at radius 2 is 1.12 bits per heavy atom. The van der Waals surface area contributed by atoms with Gasteiger partial charge in [0.15, 0.2) is 0 Å². The highest BCUT2D eigenvalue weighted by Crippen LogP contribution is 2.51. The average Bonchev–Trinajstić information content (AvgIpc) is 3.76. The molecular formula is C51H78F4O12. The molecule has 1 aromatic carbocycles. The highest BCUT2D eigenvalue weighted by molar-refractivity contribution is 5.85. The lowest BCUT2D eigenvalue weighted by molar-refractivity contribution is -0.356. The molecule has 2 saturated carbocycles. The van der Waals surface area contributed by atoms with Gasteiger partial charge in [0.25, 0.3) is 0 Å². The fourth-order valence-electron chi connectivity index (χ4n) is 9.84. The molecule has 0 amide bonds. The molecule has 12 nitrogen and oxygen atoms in total. The van der Waals surface area contributed by atoms with Gasteiger partial charge in [0, 0.05) is 70.1 Å². The summed E-state index contributed by atoms with van der Waals surface area (Å²) in [6.07, 6.45) is 8.84. The number of rotatable bonds is 25. The van der Waals surface area contributed by atoms with E-state index in [1.54, 1.807) is 6.92 Å². The van der Waals surface area contributed by atoms with Crippen LogP contribution in [0.5, 0.6) is 0 Å². The molecule has 2 aliphatic carbocycles. The Morgan fingerprint density at radius 3 is 1.52 bits per heavy atom. The number of hydrogen-bond donors (Lipinski definition) is 3. The van der Waals surface area contributed by atoms with Crippen molar-refractivity contribution in [3.05, 3.63) is 35.9 Å². The van der Waals surface area contributed by atoms with Crippen molar-refractivity contribution in [1.82, 2.24) is 0 Å². The number of carboxylic acid groups (broad SMARTS) is 1. The molecule has 16 heteroatoms. The molecule has 2 saturated heterocycles. The topological polar surface area (TPSA) is 183 Å². The molecule has 0 aromatic heterocycles. The standard InChI is InChI=1S/C27H38F2O5.C20H32F2O5.C4H8O2/c1-2-3-16-26(28,29)27(32)17-15-22-21(23(30)18-24(22)34-27)13-9-4-5-10-14-25(31)33-19-20-11-7-6-8-12-20;1-2-3-11-19(21,22)20(26)12-10-15-14(16(23)13-17(15)27-20)8-6-4-5-7-9-18(24)25;1-3-6-4(2)5/h6-8,11-12,21-22,24,32H,2-5,9-10,13-19H2,1H3;14-15,17,26H,2-13H2,1H3,(H,24,25);3H2,1-2H3/t21-,22-,24-,27-;14-,15-,17-,20-;/m11./s1. The maximum absolute atomic E-state index is 14.6. The van der Waals surface area contributed by atoms with Crippen molar-refractivity contribution in [2.45, 2.75) is 224 Å². The number of alkyl halides is 4. The van der Waals surface area contributed by atoms with Crippen molar-refractivity contribution in [3.8, 4) is 0 Å². The van der Waals surface area contributed by atoms with Crippen LogP contribution in [0.1, 0.15) is 187 Å². The number of unbranched alkanes of at least 4 members (excludes halogenated alkanes) is 8. The number of fused-ring (bicyclic) bond motifs is 2. The average molecular weight is 959 g/mol. The van der Waals surface area contributed by atoms with Gasteiger partial charge in [-0.3, -0.25) is 24.0 Å². The monoisotopic (exact) mass is 959 g/mol. The molecule has 4 fully saturated rings. The number of halogens is 4. The van der Waals surface area contributed by atoms with Gasteiger partial charge in [0.1, 0.15) is 18.2 Å². The Labute approximate surface area is 394 Å². The van der Waals surface area contributed by atoms with Gasteiger partial charge in [-0.05, 0) is 75.7 Å². The second-order valence-corrected chi connectivity index (χ2v) is 18.8. The van der Waals surface area contributed by atoms with Gasteiger partial charge in [0.05, 0.1) is 18.8 Å². The number of ketones is 2. The number of esters is 2. The van der Waals surface area contributed by atoms with Crippen molar-refractivity contribution < 1.29 is 75.8 Å². The lowest BCUT2D eigenvalue weighted by atomic mass is 9.81. The quantitative estimate of drug-likeness (QED) is 0.0480. The third-order valence-electron chi connectivity index (χ3n) is 13.7.